The molecule has 3 N–H and O–H groups in total. The number of nitrogens with zero attached hydrogens (tertiary/aromatic N) is 2. The lowest BCUT2D eigenvalue weighted by molar-refractivity contribution is -0.123. The second kappa shape index (κ2) is 4.25. The number of nitrogen functional groups attached to an aromatic ring is 1. The molecule has 2 aromatic rings. The molecule has 0 aliphatic heterocycles. The highest BCUT2D eigenvalue weighted by atomic mass is 16.2. The Morgan fingerprint density at radius 2 is 2.00 bits per heavy atom. The Labute approximate surface area is 105 Å². The topological polar surface area (TPSA) is 80.9 Å². The number of nitrogens with two attached hydrogens (primary N) is 1. The number of rotatable bonds is 1. The van der Waals surface area contributed by atoms with Gasteiger partial charge in [0.25, 0.3) is 0 Å². The van der Waals surface area contributed by atoms with Crippen LogP contribution >= 0.6 is 0 Å². The summed E-state index contributed by atoms with van der Waals surface area (Å²) in [6.45, 7) is 5.59. The Balaban J connectivity index is 2.36. The summed E-state index contributed by atoms with van der Waals surface area (Å²) in [7, 11) is 0. The van der Waals surface area contributed by atoms with Gasteiger partial charge < -0.3 is 11.1 Å². The highest BCUT2D eigenvalue weighted by Crippen LogP contribution is 2.23. The highest BCUT2D eigenvalue weighted by Gasteiger charge is 2.21. The number of hydrogen-bond donors (Lipinski definition) is 2. The zero-order valence-electron chi connectivity index (χ0n) is 10.7. The molecule has 0 bridgehead atoms. The van der Waals surface area contributed by atoms with E-state index in [1.54, 1.807) is 12.1 Å². The van der Waals surface area contributed by atoms with Crippen LogP contribution in [0.5, 0.6) is 0 Å². The maximum Gasteiger partial charge on any atom is 0.229 e. The molecule has 0 aliphatic rings. The fourth-order valence-electron chi connectivity index (χ4n) is 1.47. The van der Waals surface area contributed by atoms with Crippen LogP contribution in [0.25, 0.3) is 10.9 Å². The third kappa shape index (κ3) is 2.40. The zero-order chi connectivity index (χ0) is 13.3. The van der Waals surface area contributed by atoms with Crippen LogP contribution < -0.4 is 11.1 Å². The van der Waals surface area contributed by atoms with Crippen LogP contribution in [0.1, 0.15) is 20.8 Å². The molecule has 2 rings (SSSR count). The molecular formula is C13H16N4O. The molecule has 0 spiro atoms. The average Bonchev–Trinajstić information content (AvgIpc) is 2.29. The minimum atomic E-state index is -0.437. The van der Waals surface area contributed by atoms with Crippen LogP contribution in [0.4, 0.5) is 11.5 Å². The normalized spacial score (nSPS) is 11.5. The van der Waals surface area contributed by atoms with E-state index in [2.05, 4.69) is 15.3 Å². The maximum atomic E-state index is 11.9. The Bertz CT molecular complexity index is 601. The summed E-state index contributed by atoms with van der Waals surface area (Å²) >= 11 is 0. The van der Waals surface area contributed by atoms with Crippen LogP contribution in [0.3, 0.4) is 0 Å². The fourth-order valence-corrected chi connectivity index (χ4v) is 1.47. The van der Waals surface area contributed by atoms with Crippen molar-refractivity contribution in [2.24, 2.45) is 5.41 Å². The van der Waals surface area contributed by atoms with Crippen LogP contribution in [-0.4, -0.2) is 15.9 Å². The third-order valence-corrected chi connectivity index (χ3v) is 2.61. The molecule has 1 heterocycles. The van der Waals surface area contributed by atoms with E-state index in [1.807, 2.05) is 26.8 Å². The van der Waals surface area contributed by atoms with E-state index in [4.69, 9.17) is 5.73 Å². The summed E-state index contributed by atoms with van der Waals surface area (Å²) in [5.74, 6) is 0.365. The maximum absolute atomic E-state index is 11.9. The molecule has 0 saturated heterocycles. The molecular weight excluding hydrogens is 228 g/mol. The molecule has 94 valence electrons. The average molecular weight is 244 g/mol. The molecule has 5 nitrogen and oxygen atoms in total. The van der Waals surface area contributed by atoms with Gasteiger partial charge in [0.2, 0.25) is 5.91 Å². The van der Waals surface area contributed by atoms with E-state index in [-0.39, 0.29) is 5.91 Å². The summed E-state index contributed by atoms with van der Waals surface area (Å²) in [6.07, 6.45) is 1.42. The van der Waals surface area contributed by atoms with Gasteiger partial charge >= 0.3 is 0 Å². The lowest BCUT2D eigenvalue weighted by Gasteiger charge is -2.17. The van der Waals surface area contributed by atoms with E-state index in [9.17, 15) is 4.79 Å². The van der Waals surface area contributed by atoms with Crippen molar-refractivity contribution in [1.29, 1.82) is 0 Å². The number of aromatic nitrogens is 2. The summed E-state index contributed by atoms with van der Waals surface area (Å²) in [5, 5.41) is 3.59. The summed E-state index contributed by atoms with van der Waals surface area (Å²) < 4.78 is 0. The number of fused-ring (bicyclic) bond motifs is 1. The number of anilines is 2. The lowest BCUT2D eigenvalue weighted by Crippen LogP contribution is -2.27. The molecule has 0 fully saturated rings. The minimum absolute atomic E-state index is 0.0442. The van der Waals surface area contributed by atoms with Gasteiger partial charge in [0.05, 0.1) is 5.52 Å². The Morgan fingerprint density at radius 1 is 1.28 bits per heavy atom. The Hall–Kier alpha value is -2.17. The summed E-state index contributed by atoms with van der Waals surface area (Å²) in [5.41, 5.74) is 6.80. The standard InChI is InChI=1S/C13H16N4O/c1-13(2,3)12(18)17-8-4-5-10-9(6-8)11(14)16-7-15-10/h4-7H,1-3H3,(H,17,18)(H2,14,15,16). The highest BCUT2D eigenvalue weighted by molar-refractivity contribution is 5.98. The first kappa shape index (κ1) is 12.3. The van der Waals surface area contributed by atoms with Crippen LogP contribution in [0.15, 0.2) is 24.5 Å². The number of benzene rings is 1. The molecule has 1 amide bonds. The first-order valence-electron chi connectivity index (χ1n) is 5.69. The number of amides is 1. The summed E-state index contributed by atoms with van der Waals surface area (Å²) in [6, 6.07) is 5.40. The number of hydrogen-bond acceptors (Lipinski definition) is 4. The van der Waals surface area contributed by atoms with E-state index >= 15 is 0 Å². The van der Waals surface area contributed by atoms with Gasteiger partial charge in [-0.15, -0.1) is 0 Å². The molecule has 0 saturated carbocycles. The third-order valence-electron chi connectivity index (χ3n) is 2.61. The number of carbonyl (C=O) groups is 1. The molecule has 18 heavy (non-hydrogen) atoms. The van der Waals surface area contributed by atoms with Crippen molar-refractivity contribution in [3.63, 3.8) is 0 Å². The Morgan fingerprint density at radius 3 is 2.67 bits per heavy atom. The van der Waals surface area contributed by atoms with Gasteiger partial charge in [0, 0.05) is 16.5 Å². The van der Waals surface area contributed by atoms with Crippen LogP contribution in [0, 0.1) is 5.41 Å². The second-order valence-corrected chi connectivity index (χ2v) is 5.19. The first-order valence-corrected chi connectivity index (χ1v) is 5.69. The fraction of sp³-hybridized carbons (Fsp3) is 0.308. The molecule has 5 heteroatoms. The van der Waals surface area contributed by atoms with E-state index in [1.165, 1.54) is 6.33 Å². The van der Waals surface area contributed by atoms with Gasteiger partial charge in [-0.1, -0.05) is 20.8 Å². The van der Waals surface area contributed by atoms with E-state index in [0.29, 0.717) is 11.5 Å². The van der Waals surface area contributed by atoms with Crippen molar-refractivity contribution in [1.82, 2.24) is 9.97 Å². The largest absolute Gasteiger partial charge is 0.383 e. The molecule has 1 aromatic carbocycles. The van der Waals surface area contributed by atoms with Gasteiger partial charge in [-0.25, -0.2) is 9.97 Å². The quantitative estimate of drug-likeness (QED) is 0.805. The number of carbonyl (C=O) groups excluding carboxylic acids is 1. The van der Waals surface area contributed by atoms with Crippen molar-refractivity contribution in [2.45, 2.75) is 20.8 Å². The van der Waals surface area contributed by atoms with Gasteiger partial charge in [0.1, 0.15) is 12.1 Å². The molecule has 0 unspecified atom stereocenters. The summed E-state index contributed by atoms with van der Waals surface area (Å²) in [4.78, 5) is 19.9. The van der Waals surface area contributed by atoms with Crippen LogP contribution in [-0.2, 0) is 4.79 Å². The smallest absolute Gasteiger partial charge is 0.229 e. The van der Waals surface area contributed by atoms with Crippen molar-refractivity contribution in [3.8, 4) is 0 Å². The van der Waals surface area contributed by atoms with Crippen molar-refractivity contribution in [3.05, 3.63) is 24.5 Å². The minimum Gasteiger partial charge on any atom is -0.383 e. The van der Waals surface area contributed by atoms with Crippen molar-refractivity contribution >= 4 is 28.3 Å². The van der Waals surface area contributed by atoms with E-state index in [0.717, 1.165) is 10.9 Å². The predicted octanol–water partition coefficient (Wildman–Crippen LogP) is 2.20. The number of nitrogens with one attached hydrogen (secondary N) is 1. The predicted molar refractivity (Wildman–Crippen MR) is 72.0 cm³/mol. The molecule has 1 aromatic heterocycles. The molecule has 0 atom stereocenters. The Kier molecular flexibility index (Phi) is 2.90. The monoisotopic (exact) mass is 244 g/mol. The molecule has 0 radical (unpaired) electrons. The van der Waals surface area contributed by atoms with Crippen LogP contribution in [0.2, 0.25) is 0 Å². The van der Waals surface area contributed by atoms with Crippen molar-refractivity contribution < 1.29 is 4.79 Å². The SMILES string of the molecule is CC(C)(C)C(=O)Nc1ccc2ncnc(N)c2c1. The first-order chi connectivity index (χ1) is 8.38. The zero-order valence-corrected chi connectivity index (χ0v) is 10.7. The second-order valence-electron chi connectivity index (χ2n) is 5.19. The van der Waals surface area contributed by atoms with Crippen molar-refractivity contribution in [2.75, 3.05) is 11.1 Å². The van der Waals surface area contributed by atoms with Gasteiger partial charge in [0.15, 0.2) is 0 Å². The van der Waals surface area contributed by atoms with Gasteiger partial charge in [-0.2, -0.15) is 0 Å². The van der Waals surface area contributed by atoms with Gasteiger partial charge in [-0.3, -0.25) is 4.79 Å². The molecule has 0 aliphatic carbocycles. The van der Waals surface area contributed by atoms with E-state index < -0.39 is 5.41 Å². The van der Waals surface area contributed by atoms with Gasteiger partial charge in [-0.05, 0) is 18.2 Å². The lowest BCUT2D eigenvalue weighted by atomic mass is 9.95.